The summed E-state index contributed by atoms with van der Waals surface area (Å²) < 4.78 is 13.4. The molecule has 0 aliphatic heterocycles. The monoisotopic (exact) mass is 473 g/mol. The lowest BCUT2D eigenvalue weighted by Gasteiger charge is -2.10. The van der Waals surface area contributed by atoms with Gasteiger partial charge in [-0.25, -0.2) is 0 Å². The van der Waals surface area contributed by atoms with E-state index >= 15 is 0 Å². The number of hydrogen-bond donors (Lipinski definition) is 0. The van der Waals surface area contributed by atoms with Crippen molar-refractivity contribution in [1.29, 1.82) is 0 Å². The van der Waals surface area contributed by atoms with E-state index in [2.05, 4.69) is 24.9 Å². The largest absolute Gasteiger partial charge is 0.484 e. The second-order valence-electron chi connectivity index (χ2n) is 7.03. The molecule has 1 fully saturated rings. The van der Waals surface area contributed by atoms with E-state index < -0.39 is 0 Å². The zero-order valence-corrected chi connectivity index (χ0v) is 18.6. The van der Waals surface area contributed by atoms with E-state index in [4.69, 9.17) is 32.5 Å². The highest BCUT2D eigenvalue weighted by molar-refractivity contribution is 7.98. The average Bonchev–Trinajstić information content (AvgIpc) is 3.36. The van der Waals surface area contributed by atoms with Crippen LogP contribution in [0.15, 0.2) is 58.2 Å². The maximum Gasteiger partial charge on any atom is 0.237 e. The molecule has 0 radical (unpaired) electrons. The molecule has 2 heterocycles. The van der Waals surface area contributed by atoms with Crippen molar-refractivity contribution in [3.8, 4) is 17.1 Å². The van der Waals surface area contributed by atoms with Crippen LogP contribution in [-0.4, -0.2) is 24.9 Å². The molecule has 10 heteroatoms. The Labute approximate surface area is 192 Å². The van der Waals surface area contributed by atoms with E-state index in [0.29, 0.717) is 45.9 Å². The predicted molar refractivity (Wildman–Crippen MR) is 118 cm³/mol. The number of halogens is 2. The Kier molecular flexibility index (Phi) is 5.85. The molecule has 1 aliphatic carbocycles. The molecule has 0 atom stereocenters. The van der Waals surface area contributed by atoms with Crippen LogP contribution in [0.3, 0.4) is 0 Å². The van der Waals surface area contributed by atoms with Gasteiger partial charge in [0.25, 0.3) is 0 Å². The standard InChI is InChI=1S/C21H17Cl2N5O2S/c22-14-7-5-13(6-8-14)20-24-19(30-27-20)12-31-21-26-25-18(28(21)15-9-10-15)11-29-17-4-2-1-3-16(17)23/h1-8,15H,9-12H2. The Hall–Kier alpha value is -2.55. The summed E-state index contributed by atoms with van der Waals surface area (Å²) >= 11 is 13.6. The number of rotatable bonds is 8. The van der Waals surface area contributed by atoms with E-state index in [0.717, 1.165) is 29.4 Å². The smallest absolute Gasteiger partial charge is 0.237 e. The molecule has 31 heavy (non-hydrogen) atoms. The highest BCUT2D eigenvalue weighted by Gasteiger charge is 2.30. The van der Waals surface area contributed by atoms with Crippen LogP contribution in [0.1, 0.15) is 30.6 Å². The molecule has 0 unspecified atom stereocenters. The lowest BCUT2D eigenvalue weighted by atomic mass is 10.2. The van der Waals surface area contributed by atoms with Gasteiger partial charge in [-0.15, -0.1) is 10.2 Å². The van der Waals surface area contributed by atoms with Crippen molar-refractivity contribution in [2.75, 3.05) is 0 Å². The van der Waals surface area contributed by atoms with Gasteiger partial charge in [0.15, 0.2) is 11.0 Å². The highest BCUT2D eigenvalue weighted by atomic mass is 35.5. The lowest BCUT2D eigenvalue weighted by molar-refractivity contribution is 0.288. The molecule has 0 saturated heterocycles. The van der Waals surface area contributed by atoms with Crippen LogP contribution < -0.4 is 4.74 Å². The van der Waals surface area contributed by atoms with Crippen LogP contribution in [0.25, 0.3) is 11.4 Å². The van der Waals surface area contributed by atoms with Crippen molar-refractivity contribution < 1.29 is 9.26 Å². The third kappa shape index (κ3) is 4.71. The van der Waals surface area contributed by atoms with Crippen LogP contribution in [0.4, 0.5) is 0 Å². The third-order valence-corrected chi connectivity index (χ3v) is 6.23. The van der Waals surface area contributed by atoms with Crippen LogP contribution in [0, 0.1) is 0 Å². The summed E-state index contributed by atoms with van der Waals surface area (Å²) in [4.78, 5) is 4.47. The van der Waals surface area contributed by atoms with E-state index in [1.165, 1.54) is 11.8 Å². The average molecular weight is 474 g/mol. The first kappa shape index (κ1) is 20.4. The summed E-state index contributed by atoms with van der Waals surface area (Å²) in [6.07, 6.45) is 2.21. The second-order valence-corrected chi connectivity index (χ2v) is 8.81. The van der Waals surface area contributed by atoms with Crippen LogP contribution in [0.5, 0.6) is 5.75 Å². The first-order chi connectivity index (χ1) is 15.2. The number of nitrogens with zero attached hydrogens (tertiary/aromatic N) is 5. The Balaban J connectivity index is 1.27. The molecule has 4 aromatic rings. The number of thioether (sulfide) groups is 1. The molecule has 0 bridgehead atoms. The van der Waals surface area contributed by atoms with E-state index in [1.807, 2.05) is 30.3 Å². The molecule has 1 saturated carbocycles. The van der Waals surface area contributed by atoms with Crippen molar-refractivity contribution in [2.24, 2.45) is 0 Å². The summed E-state index contributed by atoms with van der Waals surface area (Å²) in [7, 11) is 0. The zero-order valence-electron chi connectivity index (χ0n) is 16.2. The predicted octanol–water partition coefficient (Wildman–Crippen LogP) is 5.84. The number of benzene rings is 2. The maximum absolute atomic E-state index is 6.18. The third-order valence-electron chi connectivity index (χ3n) is 4.74. The molecule has 0 spiro atoms. The molecular formula is C21H17Cl2N5O2S. The van der Waals surface area contributed by atoms with Gasteiger partial charge in [0.05, 0.1) is 10.8 Å². The van der Waals surface area contributed by atoms with Crippen molar-refractivity contribution in [3.63, 3.8) is 0 Å². The Morgan fingerprint density at radius 2 is 1.87 bits per heavy atom. The molecule has 2 aromatic heterocycles. The first-order valence-corrected chi connectivity index (χ1v) is 11.4. The van der Waals surface area contributed by atoms with Gasteiger partial charge in [0.1, 0.15) is 12.4 Å². The summed E-state index contributed by atoms with van der Waals surface area (Å²) in [5.41, 5.74) is 0.851. The number of hydrogen-bond acceptors (Lipinski definition) is 7. The fourth-order valence-corrected chi connectivity index (χ4v) is 4.24. The summed E-state index contributed by atoms with van der Waals surface area (Å²) in [6, 6.07) is 15.1. The molecule has 0 amide bonds. The quantitative estimate of drug-likeness (QED) is 0.297. The summed E-state index contributed by atoms with van der Waals surface area (Å²) in [6.45, 7) is 0.301. The van der Waals surface area contributed by atoms with Crippen LogP contribution in [0.2, 0.25) is 10.0 Å². The van der Waals surface area contributed by atoms with Gasteiger partial charge in [0, 0.05) is 16.6 Å². The SMILES string of the molecule is Clc1ccc(-c2noc(CSc3nnc(COc4ccccc4Cl)n3C3CC3)n2)cc1. The van der Waals surface area contributed by atoms with Gasteiger partial charge < -0.3 is 9.26 Å². The maximum atomic E-state index is 6.18. The Morgan fingerprint density at radius 1 is 1.06 bits per heavy atom. The Morgan fingerprint density at radius 3 is 2.65 bits per heavy atom. The zero-order chi connectivity index (χ0) is 21.2. The topological polar surface area (TPSA) is 78.9 Å². The van der Waals surface area contributed by atoms with E-state index in [1.54, 1.807) is 18.2 Å². The molecule has 5 rings (SSSR count). The van der Waals surface area contributed by atoms with Crippen molar-refractivity contribution in [2.45, 2.75) is 36.4 Å². The van der Waals surface area contributed by atoms with Gasteiger partial charge in [0.2, 0.25) is 11.7 Å². The van der Waals surface area contributed by atoms with Crippen molar-refractivity contribution in [1.82, 2.24) is 24.9 Å². The molecule has 0 N–H and O–H groups in total. The fourth-order valence-electron chi connectivity index (χ4n) is 3.06. The Bertz CT molecular complexity index is 1190. The van der Waals surface area contributed by atoms with E-state index in [9.17, 15) is 0 Å². The van der Waals surface area contributed by atoms with Gasteiger partial charge in [-0.3, -0.25) is 4.57 Å². The molecule has 2 aromatic carbocycles. The summed E-state index contributed by atoms with van der Waals surface area (Å²) in [5, 5.41) is 14.8. The molecule has 1 aliphatic rings. The normalized spacial score (nSPS) is 13.5. The highest BCUT2D eigenvalue weighted by Crippen LogP contribution is 2.39. The number of aromatic nitrogens is 5. The molecule has 7 nitrogen and oxygen atoms in total. The van der Waals surface area contributed by atoms with Gasteiger partial charge >= 0.3 is 0 Å². The van der Waals surface area contributed by atoms with Crippen LogP contribution in [-0.2, 0) is 12.4 Å². The molecular weight excluding hydrogens is 457 g/mol. The van der Waals surface area contributed by atoms with Crippen molar-refractivity contribution >= 4 is 35.0 Å². The first-order valence-electron chi connectivity index (χ1n) is 9.70. The lowest BCUT2D eigenvalue weighted by Crippen LogP contribution is -2.07. The minimum absolute atomic E-state index is 0.301. The second kappa shape index (κ2) is 8.90. The fraction of sp³-hybridized carbons (Fsp3) is 0.238. The van der Waals surface area contributed by atoms with E-state index in [-0.39, 0.29) is 0 Å². The minimum Gasteiger partial charge on any atom is -0.484 e. The minimum atomic E-state index is 0.301. The van der Waals surface area contributed by atoms with Crippen LogP contribution >= 0.6 is 35.0 Å². The van der Waals surface area contributed by atoms with Gasteiger partial charge in [-0.2, -0.15) is 4.98 Å². The molecule has 158 valence electrons. The van der Waals surface area contributed by atoms with Gasteiger partial charge in [-0.1, -0.05) is 52.3 Å². The summed E-state index contributed by atoms with van der Waals surface area (Å²) in [5.74, 6) is 2.96. The number of para-hydroxylation sites is 1. The number of ether oxygens (including phenoxy) is 1. The van der Waals surface area contributed by atoms with Crippen molar-refractivity contribution in [3.05, 3.63) is 70.3 Å². The van der Waals surface area contributed by atoms with Gasteiger partial charge in [-0.05, 0) is 49.2 Å².